The molecule has 0 saturated heterocycles. The Kier molecular flexibility index (Phi) is 5.06. The van der Waals surface area contributed by atoms with Crippen LogP contribution in [-0.4, -0.2) is 25.4 Å². The topological polar surface area (TPSA) is 94.2 Å². The number of carbonyl (C=O) groups is 1. The van der Waals surface area contributed by atoms with Crippen LogP contribution in [0.15, 0.2) is 58.1 Å². The monoisotopic (exact) mass is 409 g/mol. The Morgan fingerprint density at radius 2 is 1.76 bits per heavy atom. The summed E-state index contributed by atoms with van der Waals surface area (Å²) in [7, 11) is 0. The minimum Gasteiger partial charge on any atom is -0.476 e. The normalized spacial score (nSPS) is 11.4. The van der Waals surface area contributed by atoms with Crippen LogP contribution in [0.4, 0.5) is 17.6 Å². The van der Waals surface area contributed by atoms with E-state index in [1.807, 2.05) is 0 Å². The lowest BCUT2D eigenvalue weighted by Crippen LogP contribution is -2.44. The molecule has 7 nitrogen and oxygen atoms in total. The molecule has 1 aromatic heterocycles. The number of nitrogens with zero attached hydrogens (tertiary/aromatic N) is 3. The van der Waals surface area contributed by atoms with Crippen molar-refractivity contribution in [3.63, 3.8) is 0 Å². The second-order valence-corrected chi connectivity index (χ2v) is 5.88. The summed E-state index contributed by atoms with van der Waals surface area (Å²) in [4.78, 5) is 36.4. The van der Waals surface area contributed by atoms with Crippen molar-refractivity contribution in [2.75, 3.05) is 0 Å². The third-order valence-corrected chi connectivity index (χ3v) is 3.97. The summed E-state index contributed by atoms with van der Waals surface area (Å²) < 4.78 is 53.6. The van der Waals surface area contributed by atoms with Crippen LogP contribution in [0.3, 0.4) is 0 Å². The van der Waals surface area contributed by atoms with Gasteiger partial charge in [-0.15, -0.1) is 0 Å². The molecule has 0 saturated carbocycles. The lowest BCUT2D eigenvalue weighted by molar-refractivity contribution is -0.137. The molecule has 0 fully saturated rings. The molecule has 150 valence electrons. The maximum absolute atomic E-state index is 13.9. The van der Waals surface area contributed by atoms with Crippen molar-refractivity contribution >= 4 is 5.97 Å². The fourth-order valence-corrected chi connectivity index (χ4v) is 2.57. The molecule has 1 heterocycles. The highest BCUT2D eigenvalue weighted by Gasteiger charge is 2.31. The second-order valence-electron chi connectivity index (χ2n) is 5.88. The van der Waals surface area contributed by atoms with Crippen molar-refractivity contribution in [3.05, 3.63) is 92.0 Å². The lowest BCUT2D eigenvalue weighted by Gasteiger charge is -2.13. The van der Waals surface area contributed by atoms with Gasteiger partial charge in [0, 0.05) is 5.56 Å². The Hall–Kier alpha value is -3.76. The average Bonchev–Trinajstić information content (AvgIpc) is 2.66. The zero-order chi connectivity index (χ0) is 21.3. The van der Waals surface area contributed by atoms with E-state index in [0.29, 0.717) is 15.3 Å². The van der Waals surface area contributed by atoms with E-state index in [9.17, 15) is 37.1 Å². The third-order valence-electron chi connectivity index (χ3n) is 3.97. The van der Waals surface area contributed by atoms with Gasteiger partial charge in [-0.3, -0.25) is 9.36 Å². The van der Waals surface area contributed by atoms with Crippen LogP contribution >= 0.6 is 0 Å². The molecule has 0 unspecified atom stereocenters. The Bertz CT molecular complexity index is 1210. The zero-order valence-corrected chi connectivity index (χ0v) is 14.4. The third kappa shape index (κ3) is 3.93. The number of halogens is 4. The van der Waals surface area contributed by atoms with Crippen molar-refractivity contribution < 1.29 is 27.5 Å². The quantitative estimate of drug-likeness (QED) is 0.668. The summed E-state index contributed by atoms with van der Waals surface area (Å²) in [5.74, 6) is -2.55. The summed E-state index contributed by atoms with van der Waals surface area (Å²) >= 11 is 0. The molecule has 0 spiro atoms. The molecule has 11 heteroatoms. The number of carboxylic acids is 1. The molecule has 0 radical (unpaired) electrons. The van der Waals surface area contributed by atoms with Crippen molar-refractivity contribution in [1.29, 1.82) is 0 Å². The molecule has 2 aromatic carbocycles. The summed E-state index contributed by atoms with van der Waals surface area (Å²) in [6.45, 7) is -0.633. The molecule has 0 bridgehead atoms. The minimum absolute atomic E-state index is 0.0927. The summed E-state index contributed by atoms with van der Waals surface area (Å²) in [6, 6.07) is 8.58. The Morgan fingerprint density at radius 1 is 1.07 bits per heavy atom. The highest BCUT2D eigenvalue weighted by molar-refractivity contribution is 5.84. The first-order valence-corrected chi connectivity index (χ1v) is 7.98. The number of aromatic nitrogens is 3. The molecule has 3 aromatic rings. The van der Waals surface area contributed by atoms with Gasteiger partial charge in [-0.1, -0.05) is 24.3 Å². The highest BCUT2D eigenvalue weighted by atomic mass is 19.4. The van der Waals surface area contributed by atoms with Gasteiger partial charge in [-0.2, -0.15) is 23.0 Å². The SMILES string of the molecule is O=C(O)c1nn(-c2cccc(C(F)(F)F)c2)c(=O)n(Cc2ccccc2F)c1=O. The number of carboxylic acid groups (broad SMARTS) is 1. The van der Waals surface area contributed by atoms with Crippen molar-refractivity contribution in [2.45, 2.75) is 12.7 Å². The fraction of sp³-hybridized carbons (Fsp3) is 0.111. The first kappa shape index (κ1) is 20.0. The van der Waals surface area contributed by atoms with E-state index in [2.05, 4.69) is 5.10 Å². The van der Waals surface area contributed by atoms with Crippen LogP contribution < -0.4 is 11.2 Å². The molecule has 3 rings (SSSR count). The maximum Gasteiger partial charge on any atom is 0.416 e. The predicted octanol–water partition coefficient (Wildman–Crippen LogP) is 2.30. The van der Waals surface area contributed by atoms with Crippen LogP contribution in [0.5, 0.6) is 0 Å². The first-order valence-electron chi connectivity index (χ1n) is 7.98. The van der Waals surface area contributed by atoms with Crippen molar-refractivity contribution in [2.24, 2.45) is 0 Å². The highest BCUT2D eigenvalue weighted by Crippen LogP contribution is 2.29. The van der Waals surface area contributed by atoms with E-state index >= 15 is 0 Å². The van der Waals surface area contributed by atoms with E-state index in [1.165, 1.54) is 18.2 Å². The van der Waals surface area contributed by atoms with Gasteiger partial charge in [0.25, 0.3) is 5.56 Å². The number of benzene rings is 2. The second kappa shape index (κ2) is 7.34. The van der Waals surface area contributed by atoms with E-state index in [-0.39, 0.29) is 5.56 Å². The molecule has 29 heavy (non-hydrogen) atoms. The number of rotatable bonds is 4. The largest absolute Gasteiger partial charge is 0.476 e. The predicted molar refractivity (Wildman–Crippen MR) is 91.6 cm³/mol. The van der Waals surface area contributed by atoms with Crippen LogP contribution in [0.1, 0.15) is 21.6 Å². The standard InChI is InChI=1S/C18H11F4N3O4/c19-13-7-2-1-4-10(13)9-24-15(26)14(16(27)28)23-25(17(24)29)12-6-3-5-11(8-12)18(20,21)22/h1-8H,9H2,(H,27,28). The van der Waals surface area contributed by atoms with E-state index in [1.54, 1.807) is 0 Å². The summed E-state index contributed by atoms with van der Waals surface area (Å²) in [5.41, 5.74) is -5.23. The number of hydrogen-bond acceptors (Lipinski definition) is 4. The first-order chi connectivity index (χ1) is 13.6. The zero-order valence-electron chi connectivity index (χ0n) is 14.4. The van der Waals surface area contributed by atoms with Crippen LogP contribution in [-0.2, 0) is 12.7 Å². The maximum atomic E-state index is 13.9. The lowest BCUT2D eigenvalue weighted by atomic mass is 10.2. The van der Waals surface area contributed by atoms with E-state index < -0.39 is 52.7 Å². The van der Waals surface area contributed by atoms with Gasteiger partial charge in [0.1, 0.15) is 5.82 Å². The molecule has 0 aliphatic carbocycles. The molecule has 0 aliphatic rings. The Labute approximate surface area is 159 Å². The van der Waals surface area contributed by atoms with Gasteiger partial charge in [0.15, 0.2) is 0 Å². The van der Waals surface area contributed by atoms with Crippen LogP contribution in [0, 0.1) is 5.82 Å². The van der Waals surface area contributed by atoms with Gasteiger partial charge in [0.2, 0.25) is 5.69 Å². The van der Waals surface area contributed by atoms with Crippen molar-refractivity contribution in [3.8, 4) is 5.69 Å². The summed E-state index contributed by atoms with van der Waals surface area (Å²) in [6.07, 6.45) is -4.73. The Balaban J connectivity index is 2.26. The fourth-order valence-electron chi connectivity index (χ4n) is 2.57. The molecular formula is C18H11F4N3O4. The van der Waals surface area contributed by atoms with Crippen LogP contribution in [0.25, 0.3) is 5.69 Å². The van der Waals surface area contributed by atoms with E-state index in [0.717, 1.165) is 24.3 Å². The van der Waals surface area contributed by atoms with Gasteiger partial charge >= 0.3 is 17.8 Å². The summed E-state index contributed by atoms with van der Waals surface area (Å²) in [5, 5.41) is 12.6. The Morgan fingerprint density at radius 3 is 2.38 bits per heavy atom. The average molecular weight is 409 g/mol. The van der Waals surface area contributed by atoms with Crippen LogP contribution in [0.2, 0.25) is 0 Å². The molecule has 1 N–H and O–H groups in total. The van der Waals surface area contributed by atoms with Crippen molar-refractivity contribution in [1.82, 2.24) is 14.3 Å². The smallest absolute Gasteiger partial charge is 0.416 e. The number of alkyl halides is 3. The van der Waals surface area contributed by atoms with Gasteiger partial charge in [-0.05, 0) is 24.3 Å². The van der Waals surface area contributed by atoms with Gasteiger partial charge < -0.3 is 5.11 Å². The van der Waals surface area contributed by atoms with Gasteiger partial charge in [-0.25, -0.2) is 14.0 Å². The van der Waals surface area contributed by atoms with E-state index in [4.69, 9.17) is 0 Å². The minimum atomic E-state index is -4.73. The molecule has 0 atom stereocenters. The molecule has 0 amide bonds. The van der Waals surface area contributed by atoms with Gasteiger partial charge in [0.05, 0.1) is 17.8 Å². The number of hydrogen-bond donors (Lipinski definition) is 1. The molecule has 0 aliphatic heterocycles. The molecular weight excluding hydrogens is 398 g/mol. The number of aromatic carboxylic acids is 1.